The van der Waals surface area contributed by atoms with Crippen molar-refractivity contribution in [3.8, 4) is 6.07 Å². The number of alkyl halides is 3. The highest BCUT2D eigenvalue weighted by atomic mass is 32.1. The summed E-state index contributed by atoms with van der Waals surface area (Å²) in [5.41, 5.74) is 0.405. The van der Waals surface area contributed by atoms with E-state index in [2.05, 4.69) is 21.8 Å². The third-order valence-electron chi connectivity index (χ3n) is 8.69. The lowest BCUT2D eigenvalue weighted by Crippen LogP contribution is -2.60. The maximum atomic E-state index is 13.8. The van der Waals surface area contributed by atoms with E-state index in [0.717, 1.165) is 28.5 Å². The van der Waals surface area contributed by atoms with Crippen molar-refractivity contribution in [2.24, 2.45) is 22.7 Å². The van der Waals surface area contributed by atoms with Crippen LogP contribution in [0.1, 0.15) is 70.5 Å². The molecule has 3 fully saturated rings. The highest BCUT2D eigenvalue weighted by molar-refractivity contribution is 7.17. The SMILES string of the molecule is CC1(C)C2CN(C(=O)[C@@H](NC(=O)C(F)(F)F)C(C)(C)C)C(C(=O)NC(C#N)c3cncc4scc(C5CC5)c34)C21. The molecule has 40 heavy (non-hydrogen) atoms. The fourth-order valence-electron chi connectivity index (χ4n) is 6.20. The zero-order chi connectivity index (χ0) is 29.4. The number of carbonyl (C=O) groups is 3. The summed E-state index contributed by atoms with van der Waals surface area (Å²) in [7, 11) is 0. The summed E-state index contributed by atoms with van der Waals surface area (Å²) in [5, 5.41) is 17.8. The monoisotopic (exact) mass is 575 g/mol. The number of nitrogens with zero attached hydrogens (tertiary/aromatic N) is 3. The van der Waals surface area contributed by atoms with E-state index in [4.69, 9.17) is 0 Å². The van der Waals surface area contributed by atoms with Crippen molar-refractivity contribution in [2.45, 2.75) is 77.7 Å². The van der Waals surface area contributed by atoms with Crippen LogP contribution in [0.2, 0.25) is 0 Å². The molecular formula is C28H32F3N5O3S. The molecule has 0 radical (unpaired) electrons. The molecule has 2 aromatic rings. The second-order valence-electron chi connectivity index (χ2n) is 12.8. The Morgan fingerprint density at radius 3 is 2.42 bits per heavy atom. The molecule has 214 valence electrons. The summed E-state index contributed by atoms with van der Waals surface area (Å²) in [6.45, 7) is 8.81. The second kappa shape index (κ2) is 9.43. The molecule has 0 bridgehead atoms. The number of pyridine rings is 1. The van der Waals surface area contributed by atoms with Crippen molar-refractivity contribution in [1.29, 1.82) is 5.26 Å². The number of halogens is 3. The number of carbonyl (C=O) groups excluding carboxylic acids is 3. The van der Waals surface area contributed by atoms with Gasteiger partial charge in [-0.05, 0) is 52.4 Å². The van der Waals surface area contributed by atoms with Gasteiger partial charge < -0.3 is 15.5 Å². The van der Waals surface area contributed by atoms with E-state index in [-0.39, 0.29) is 23.8 Å². The van der Waals surface area contributed by atoms with Crippen LogP contribution in [0, 0.1) is 34.0 Å². The number of piperidine rings is 1. The Balaban J connectivity index is 1.44. The van der Waals surface area contributed by atoms with Crippen LogP contribution >= 0.6 is 11.3 Å². The lowest BCUT2D eigenvalue weighted by Gasteiger charge is -2.37. The number of hydrogen-bond acceptors (Lipinski definition) is 6. The van der Waals surface area contributed by atoms with E-state index in [9.17, 15) is 32.8 Å². The zero-order valence-electron chi connectivity index (χ0n) is 22.9. The van der Waals surface area contributed by atoms with Crippen LogP contribution < -0.4 is 10.6 Å². The van der Waals surface area contributed by atoms with E-state index in [1.165, 1.54) is 16.2 Å². The molecule has 0 aromatic carbocycles. The van der Waals surface area contributed by atoms with Crippen molar-refractivity contribution in [3.63, 3.8) is 0 Å². The van der Waals surface area contributed by atoms with Crippen molar-refractivity contribution < 1.29 is 27.6 Å². The van der Waals surface area contributed by atoms with Crippen LogP contribution in [-0.4, -0.2) is 52.4 Å². The number of amides is 3. The van der Waals surface area contributed by atoms with Crippen LogP contribution in [0.25, 0.3) is 10.1 Å². The largest absolute Gasteiger partial charge is 0.471 e. The Bertz CT molecular complexity index is 1420. The van der Waals surface area contributed by atoms with Gasteiger partial charge in [0, 0.05) is 29.9 Å². The van der Waals surface area contributed by atoms with Crippen molar-refractivity contribution >= 4 is 39.1 Å². The van der Waals surface area contributed by atoms with E-state index in [0.29, 0.717) is 11.5 Å². The van der Waals surface area contributed by atoms with Gasteiger partial charge >= 0.3 is 12.1 Å². The lowest BCUT2D eigenvalue weighted by molar-refractivity contribution is -0.176. The smallest absolute Gasteiger partial charge is 0.336 e. The van der Waals surface area contributed by atoms with Gasteiger partial charge in [0.15, 0.2) is 0 Å². The zero-order valence-corrected chi connectivity index (χ0v) is 23.7. The average Bonchev–Trinajstić information content (AvgIpc) is 3.65. The highest BCUT2D eigenvalue weighted by Gasteiger charge is 2.70. The average molecular weight is 576 g/mol. The van der Waals surface area contributed by atoms with Crippen molar-refractivity contribution in [1.82, 2.24) is 20.5 Å². The summed E-state index contributed by atoms with van der Waals surface area (Å²) in [6.07, 6.45) is 0.287. The third kappa shape index (κ3) is 4.82. The summed E-state index contributed by atoms with van der Waals surface area (Å²) in [4.78, 5) is 45.0. The second-order valence-corrected chi connectivity index (χ2v) is 13.7. The maximum Gasteiger partial charge on any atom is 0.471 e. The predicted octanol–water partition coefficient (Wildman–Crippen LogP) is 4.43. The van der Waals surface area contributed by atoms with Gasteiger partial charge in [0.2, 0.25) is 11.8 Å². The Morgan fingerprint density at radius 1 is 1.18 bits per heavy atom. The number of thiophene rings is 1. The Labute approximate surface area is 234 Å². The quantitative estimate of drug-likeness (QED) is 0.529. The van der Waals surface area contributed by atoms with E-state index in [1.54, 1.807) is 33.2 Å². The molecule has 5 atom stereocenters. The summed E-state index contributed by atoms with van der Waals surface area (Å²) in [6, 6.07) is -1.36. The summed E-state index contributed by atoms with van der Waals surface area (Å²) in [5.74, 6) is -3.35. The van der Waals surface area contributed by atoms with Gasteiger partial charge in [0.1, 0.15) is 18.1 Å². The number of hydrogen-bond donors (Lipinski definition) is 2. The fourth-order valence-corrected chi connectivity index (χ4v) is 7.24. The number of nitriles is 1. The van der Waals surface area contributed by atoms with Crippen LogP contribution in [0.4, 0.5) is 13.2 Å². The lowest BCUT2D eigenvalue weighted by atomic mass is 9.85. The molecule has 3 amide bonds. The number of nitrogens with one attached hydrogen (secondary N) is 2. The Kier molecular flexibility index (Phi) is 6.68. The predicted molar refractivity (Wildman–Crippen MR) is 142 cm³/mol. The molecule has 4 unspecified atom stereocenters. The first-order valence-electron chi connectivity index (χ1n) is 13.3. The summed E-state index contributed by atoms with van der Waals surface area (Å²) >= 11 is 1.54. The molecule has 2 aliphatic carbocycles. The third-order valence-corrected chi connectivity index (χ3v) is 9.63. The Hall–Kier alpha value is -3.20. The van der Waals surface area contributed by atoms with Gasteiger partial charge in [0.05, 0.1) is 10.8 Å². The topological polar surface area (TPSA) is 115 Å². The van der Waals surface area contributed by atoms with E-state index < -0.39 is 47.4 Å². The van der Waals surface area contributed by atoms with Gasteiger partial charge in [-0.2, -0.15) is 18.4 Å². The van der Waals surface area contributed by atoms with Gasteiger partial charge in [-0.25, -0.2) is 0 Å². The van der Waals surface area contributed by atoms with Gasteiger partial charge in [-0.1, -0.05) is 34.6 Å². The number of fused-ring (bicyclic) bond motifs is 2. The molecule has 5 rings (SSSR count). The standard InChI is InChI=1S/C28H32F3N5O3S/c1-26(2,3)22(35-25(39)28(29,30)31)24(38)36-11-16-20(27(16,4)5)21(36)23(37)34-17(8-32)14-9-33-10-18-19(14)15(12-40-18)13-6-7-13/h9-10,12-13,16-17,20-22H,6-7,11H2,1-5H3,(H,34,37)(H,35,39)/t16?,17?,20?,21?,22-/m1/s1. The first-order chi connectivity index (χ1) is 18.6. The summed E-state index contributed by atoms with van der Waals surface area (Å²) < 4.78 is 40.2. The van der Waals surface area contributed by atoms with Crippen molar-refractivity contribution in [2.75, 3.05) is 6.54 Å². The Morgan fingerprint density at radius 2 is 1.85 bits per heavy atom. The minimum atomic E-state index is -5.16. The molecule has 3 aliphatic rings. The molecule has 3 heterocycles. The highest BCUT2D eigenvalue weighted by Crippen LogP contribution is 2.65. The van der Waals surface area contributed by atoms with Gasteiger partial charge in [-0.15, -0.1) is 11.3 Å². The minimum absolute atomic E-state index is 0.0323. The minimum Gasteiger partial charge on any atom is -0.336 e. The first kappa shape index (κ1) is 28.3. The van der Waals surface area contributed by atoms with Crippen LogP contribution in [-0.2, 0) is 14.4 Å². The molecule has 0 spiro atoms. The van der Waals surface area contributed by atoms with E-state index >= 15 is 0 Å². The fraction of sp³-hybridized carbons (Fsp3) is 0.607. The van der Waals surface area contributed by atoms with Crippen molar-refractivity contribution in [3.05, 3.63) is 28.9 Å². The number of likely N-dealkylation sites (tertiary alicyclic amines) is 1. The van der Waals surface area contributed by atoms with Crippen LogP contribution in [0.15, 0.2) is 17.8 Å². The number of aromatic nitrogens is 1. The number of rotatable bonds is 6. The molecule has 2 N–H and O–H groups in total. The molecule has 1 saturated heterocycles. The molecule has 1 aliphatic heterocycles. The molecule has 2 saturated carbocycles. The molecule has 8 nitrogen and oxygen atoms in total. The van der Waals surface area contributed by atoms with Gasteiger partial charge in [0.25, 0.3) is 0 Å². The van der Waals surface area contributed by atoms with Gasteiger partial charge in [-0.3, -0.25) is 19.4 Å². The van der Waals surface area contributed by atoms with E-state index in [1.807, 2.05) is 19.2 Å². The van der Waals surface area contributed by atoms with Crippen LogP contribution in [0.5, 0.6) is 0 Å². The molecule has 12 heteroatoms. The molecule has 2 aromatic heterocycles. The van der Waals surface area contributed by atoms with Crippen LogP contribution in [0.3, 0.4) is 0 Å². The normalized spacial score (nSPS) is 25.1. The molecular weight excluding hydrogens is 543 g/mol. The maximum absolute atomic E-state index is 13.8. The first-order valence-corrected chi connectivity index (χ1v) is 14.2.